The lowest BCUT2D eigenvalue weighted by molar-refractivity contribution is -0.119. The van der Waals surface area contributed by atoms with Crippen LogP contribution in [-0.4, -0.2) is 36.7 Å². The van der Waals surface area contributed by atoms with Crippen LogP contribution >= 0.6 is 0 Å². The number of hydrogen-bond acceptors (Lipinski definition) is 5. The minimum Gasteiger partial charge on any atom is -0.452 e. The Balaban J connectivity index is 1.92. The molecule has 0 heterocycles. The molecule has 132 valence electrons. The molecule has 2 aromatic rings. The number of nitrogens with one attached hydrogen (secondary N) is 2. The summed E-state index contributed by atoms with van der Waals surface area (Å²) in [4.78, 5) is 24.1. The van der Waals surface area contributed by atoms with Gasteiger partial charge < -0.3 is 20.5 Å². The van der Waals surface area contributed by atoms with E-state index in [9.17, 15) is 9.59 Å². The van der Waals surface area contributed by atoms with E-state index in [0.29, 0.717) is 23.5 Å². The van der Waals surface area contributed by atoms with E-state index < -0.39 is 11.9 Å². The van der Waals surface area contributed by atoms with Crippen LogP contribution in [0.25, 0.3) is 0 Å². The van der Waals surface area contributed by atoms with Gasteiger partial charge in [-0.1, -0.05) is 31.2 Å². The van der Waals surface area contributed by atoms with Crippen LogP contribution < -0.4 is 10.6 Å². The molecule has 0 aromatic heterocycles. The van der Waals surface area contributed by atoms with E-state index in [2.05, 4.69) is 10.6 Å². The van der Waals surface area contributed by atoms with Crippen LogP contribution in [0.3, 0.4) is 0 Å². The van der Waals surface area contributed by atoms with Gasteiger partial charge in [-0.15, -0.1) is 0 Å². The highest BCUT2D eigenvalue weighted by Crippen LogP contribution is 2.16. The van der Waals surface area contributed by atoms with Crippen molar-refractivity contribution < 1.29 is 19.4 Å². The Labute approximate surface area is 146 Å². The minimum absolute atomic E-state index is 0.0530. The summed E-state index contributed by atoms with van der Waals surface area (Å²) < 4.78 is 5.09. The van der Waals surface area contributed by atoms with E-state index in [0.717, 1.165) is 12.0 Å². The number of aliphatic hydroxyl groups is 1. The number of ether oxygens (including phenoxy) is 1. The first-order valence-corrected chi connectivity index (χ1v) is 8.13. The van der Waals surface area contributed by atoms with Gasteiger partial charge >= 0.3 is 5.97 Å². The Morgan fingerprint density at radius 1 is 1.12 bits per heavy atom. The number of benzene rings is 2. The highest BCUT2D eigenvalue weighted by Gasteiger charge is 2.14. The van der Waals surface area contributed by atoms with Crippen LogP contribution in [-0.2, 0) is 16.0 Å². The number of carbonyl (C=O) groups is 2. The second-order valence-corrected chi connectivity index (χ2v) is 5.37. The zero-order valence-corrected chi connectivity index (χ0v) is 14.1. The second kappa shape index (κ2) is 9.44. The summed E-state index contributed by atoms with van der Waals surface area (Å²) in [6, 6.07) is 14.3. The molecule has 0 saturated heterocycles. The van der Waals surface area contributed by atoms with Gasteiger partial charge in [-0.25, -0.2) is 4.79 Å². The first-order chi connectivity index (χ1) is 12.1. The summed E-state index contributed by atoms with van der Waals surface area (Å²) >= 11 is 0. The summed E-state index contributed by atoms with van der Waals surface area (Å²) in [5.74, 6) is -0.999. The molecular formula is C19H22N2O4. The fourth-order valence-corrected chi connectivity index (χ4v) is 2.28. The SMILES string of the molecule is CCc1cccc(NC(=O)COC(=O)c2ccccc2NCCO)c1. The number of amides is 1. The maximum absolute atomic E-state index is 12.2. The predicted octanol–water partition coefficient (Wildman–Crippen LogP) is 2.45. The molecule has 0 radical (unpaired) electrons. The zero-order chi connectivity index (χ0) is 18.1. The summed E-state index contributed by atoms with van der Waals surface area (Å²) in [5.41, 5.74) is 2.65. The van der Waals surface area contributed by atoms with Crippen LogP contribution in [0.4, 0.5) is 11.4 Å². The number of aryl methyl sites for hydroxylation is 1. The third-order valence-corrected chi connectivity index (χ3v) is 3.53. The lowest BCUT2D eigenvalue weighted by Crippen LogP contribution is -2.21. The molecule has 0 saturated carbocycles. The van der Waals surface area contributed by atoms with Gasteiger partial charge in [0.05, 0.1) is 12.2 Å². The summed E-state index contributed by atoms with van der Waals surface area (Å²) in [6.07, 6.45) is 0.871. The van der Waals surface area contributed by atoms with Crippen molar-refractivity contribution in [2.45, 2.75) is 13.3 Å². The highest BCUT2D eigenvalue weighted by molar-refractivity contribution is 5.98. The molecule has 3 N–H and O–H groups in total. The molecule has 0 spiro atoms. The van der Waals surface area contributed by atoms with Gasteiger partial charge in [0.1, 0.15) is 0 Å². The molecule has 0 aliphatic carbocycles. The predicted molar refractivity (Wildman–Crippen MR) is 96.7 cm³/mol. The van der Waals surface area contributed by atoms with Crippen molar-refractivity contribution in [3.05, 3.63) is 59.7 Å². The maximum atomic E-state index is 12.2. The first kappa shape index (κ1) is 18.5. The number of anilines is 2. The van der Waals surface area contributed by atoms with Crippen molar-refractivity contribution in [3.8, 4) is 0 Å². The molecular weight excluding hydrogens is 320 g/mol. The third-order valence-electron chi connectivity index (χ3n) is 3.53. The van der Waals surface area contributed by atoms with Gasteiger partial charge in [0.25, 0.3) is 5.91 Å². The number of hydrogen-bond donors (Lipinski definition) is 3. The summed E-state index contributed by atoms with van der Waals surface area (Å²) in [5, 5.41) is 14.5. The molecule has 0 fully saturated rings. The van der Waals surface area contributed by atoms with Crippen LogP contribution in [0.15, 0.2) is 48.5 Å². The van der Waals surface area contributed by atoms with E-state index in [1.165, 1.54) is 0 Å². The quantitative estimate of drug-likeness (QED) is 0.642. The van der Waals surface area contributed by atoms with Gasteiger partial charge in [-0.05, 0) is 36.2 Å². The van der Waals surface area contributed by atoms with Crippen molar-refractivity contribution >= 4 is 23.3 Å². The van der Waals surface area contributed by atoms with E-state index in [-0.39, 0.29) is 13.2 Å². The van der Waals surface area contributed by atoms with Crippen LogP contribution in [0, 0.1) is 0 Å². The molecule has 2 rings (SSSR count). The average Bonchev–Trinajstić information content (AvgIpc) is 2.64. The van der Waals surface area contributed by atoms with E-state index in [1.54, 1.807) is 30.3 Å². The highest BCUT2D eigenvalue weighted by atomic mass is 16.5. The van der Waals surface area contributed by atoms with Gasteiger partial charge in [-0.3, -0.25) is 4.79 Å². The van der Waals surface area contributed by atoms with Crippen molar-refractivity contribution in [1.82, 2.24) is 0 Å². The average molecular weight is 342 g/mol. The zero-order valence-electron chi connectivity index (χ0n) is 14.1. The largest absolute Gasteiger partial charge is 0.452 e. The minimum atomic E-state index is -0.599. The Bertz CT molecular complexity index is 731. The first-order valence-electron chi connectivity index (χ1n) is 8.13. The Morgan fingerprint density at radius 2 is 1.92 bits per heavy atom. The number of carbonyl (C=O) groups excluding carboxylic acids is 2. The Kier molecular flexibility index (Phi) is 6.98. The molecule has 0 aliphatic heterocycles. The molecule has 6 heteroatoms. The van der Waals surface area contributed by atoms with Crippen molar-refractivity contribution in [1.29, 1.82) is 0 Å². The molecule has 25 heavy (non-hydrogen) atoms. The normalized spacial score (nSPS) is 10.2. The number of esters is 1. The van der Waals surface area contributed by atoms with Crippen LogP contribution in [0.5, 0.6) is 0 Å². The van der Waals surface area contributed by atoms with Crippen molar-refractivity contribution in [3.63, 3.8) is 0 Å². The van der Waals surface area contributed by atoms with E-state index in [4.69, 9.17) is 9.84 Å². The van der Waals surface area contributed by atoms with Gasteiger partial charge in [0.2, 0.25) is 0 Å². The lowest BCUT2D eigenvalue weighted by atomic mass is 10.1. The van der Waals surface area contributed by atoms with Crippen LogP contribution in [0.1, 0.15) is 22.8 Å². The van der Waals surface area contributed by atoms with E-state index >= 15 is 0 Å². The number of aliphatic hydroxyl groups excluding tert-OH is 1. The number of rotatable bonds is 8. The van der Waals surface area contributed by atoms with Crippen molar-refractivity contribution in [2.75, 3.05) is 30.4 Å². The monoisotopic (exact) mass is 342 g/mol. The van der Waals surface area contributed by atoms with Crippen molar-refractivity contribution in [2.24, 2.45) is 0 Å². The molecule has 0 atom stereocenters. The molecule has 1 amide bonds. The second-order valence-electron chi connectivity index (χ2n) is 5.37. The summed E-state index contributed by atoms with van der Waals surface area (Å²) in [7, 11) is 0. The smallest absolute Gasteiger partial charge is 0.340 e. The fraction of sp³-hybridized carbons (Fsp3) is 0.263. The van der Waals surface area contributed by atoms with Gasteiger partial charge in [0.15, 0.2) is 6.61 Å². The standard InChI is InChI=1S/C19H22N2O4/c1-2-14-6-5-7-15(12-14)21-18(23)13-25-19(24)16-8-3-4-9-17(16)20-10-11-22/h3-9,12,20,22H,2,10-11,13H2,1H3,(H,21,23). The van der Waals surface area contributed by atoms with Crippen LogP contribution in [0.2, 0.25) is 0 Å². The Morgan fingerprint density at radius 3 is 2.68 bits per heavy atom. The van der Waals surface area contributed by atoms with E-state index in [1.807, 2.05) is 25.1 Å². The summed E-state index contributed by atoms with van der Waals surface area (Å²) in [6.45, 7) is 1.93. The Hall–Kier alpha value is -2.86. The fourth-order valence-electron chi connectivity index (χ4n) is 2.28. The molecule has 0 aliphatic rings. The van der Waals surface area contributed by atoms with Gasteiger partial charge in [-0.2, -0.15) is 0 Å². The lowest BCUT2D eigenvalue weighted by Gasteiger charge is -2.11. The molecule has 0 unspecified atom stereocenters. The topological polar surface area (TPSA) is 87.7 Å². The maximum Gasteiger partial charge on any atom is 0.340 e. The molecule has 2 aromatic carbocycles. The van der Waals surface area contributed by atoms with Gasteiger partial charge in [0, 0.05) is 17.9 Å². The molecule has 0 bridgehead atoms. The third kappa shape index (κ3) is 5.61. The molecule has 6 nitrogen and oxygen atoms in total. The number of para-hydroxylation sites is 1.